The number of carbonyl (C=O) groups excluding carboxylic acids is 1. The number of hydrogen-bond donors (Lipinski definition) is 2. The van der Waals surface area contributed by atoms with Crippen molar-refractivity contribution in [2.75, 3.05) is 5.32 Å². The van der Waals surface area contributed by atoms with Crippen LogP contribution in [-0.2, 0) is 11.3 Å². The quantitative estimate of drug-likeness (QED) is 0.859. The zero-order valence-corrected chi connectivity index (χ0v) is 14.9. The van der Waals surface area contributed by atoms with E-state index in [2.05, 4.69) is 5.32 Å². The van der Waals surface area contributed by atoms with Gasteiger partial charge in [-0.05, 0) is 36.5 Å². The normalized spacial score (nSPS) is 19.2. The number of nitrogens with zero attached hydrogens (tertiary/aromatic N) is 1. The van der Waals surface area contributed by atoms with E-state index in [-0.39, 0.29) is 35.8 Å². The van der Waals surface area contributed by atoms with Crippen LogP contribution in [0.5, 0.6) is 0 Å². The summed E-state index contributed by atoms with van der Waals surface area (Å²) in [6.45, 7) is 0.483. The van der Waals surface area contributed by atoms with Crippen LogP contribution in [0.4, 0.5) is 5.69 Å². The summed E-state index contributed by atoms with van der Waals surface area (Å²) in [6, 6.07) is 13.3. The first-order chi connectivity index (χ1) is 11.6. The molecule has 0 saturated heterocycles. The second-order valence-corrected chi connectivity index (χ2v) is 6.45. The Labute approximate surface area is 153 Å². The Hall–Kier alpha value is -2.11. The average Bonchev–Trinajstić information content (AvgIpc) is 2.97. The van der Waals surface area contributed by atoms with Crippen LogP contribution in [0.25, 0.3) is 0 Å². The fourth-order valence-electron chi connectivity index (χ4n) is 3.29. The van der Waals surface area contributed by atoms with Crippen LogP contribution in [0.15, 0.2) is 53.5 Å². The van der Waals surface area contributed by atoms with Gasteiger partial charge in [-0.3, -0.25) is 9.59 Å². The summed E-state index contributed by atoms with van der Waals surface area (Å²) >= 11 is 0. The molecule has 0 bridgehead atoms. The van der Waals surface area contributed by atoms with Crippen molar-refractivity contribution >= 4 is 24.0 Å². The molecule has 25 heavy (non-hydrogen) atoms. The molecule has 3 rings (SSSR count). The molecule has 1 amide bonds. The SMILES string of the molecule is Cl.N[C@@H]1CCC[C@H]1CC(=O)Nc1cccn(Cc2ccccc2)c1=O. The number of anilines is 1. The van der Waals surface area contributed by atoms with Gasteiger partial charge in [0.2, 0.25) is 5.91 Å². The standard InChI is InChI=1S/C19H23N3O2.ClH/c20-16-9-4-8-15(16)12-18(23)21-17-10-5-11-22(19(17)24)13-14-6-2-1-3-7-14;/h1-3,5-7,10-11,15-16H,4,8-9,12-13,20H2,(H,21,23);1H/t15-,16+;/m0./s1. The Bertz CT molecular complexity index is 761. The van der Waals surface area contributed by atoms with Crippen LogP contribution in [-0.4, -0.2) is 16.5 Å². The first-order valence-corrected chi connectivity index (χ1v) is 8.42. The largest absolute Gasteiger partial charge is 0.327 e. The van der Waals surface area contributed by atoms with Gasteiger partial charge in [-0.1, -0.05) is 36.8 Å². The van der Waals surface area contributed by atoms with Crippen molar-refractivity contribution in [3.05, 3.63) is 64.6 Å². The molecule has 1 aliphatic rings. The molecule has 1 fully saturated rings. The number of aromatic nitrogens is 1. The molecular formula is C19H24ClN3O2. The van der Waals surface area contributed by atoms with Crippen LogP contribution in [0.3, 0.4) is 0 Å². The summed E-state index contributed by atoms with van der Waals surface area (Å²) in [5, 5.41) is 2.76. The van der Waals surface area contributed by atoms with Gasteiger partial charge in [-0.25, -0.2) is 0 Å². The lowest BCUT2D eigenvalue weighted by Gasteiger charge is -2.15. The van der Waals surface area contributed by atoms with Crippen LogP contribution < -0.4 is 16.6 Å². The third-order valence-corrected chi connectivity index (χ3v) is 4.66. The number of amides is 1. The minimum Gasteiger partial charge on any atom is -0.327 e. The molecule has 134 valence electrons. The summed E-state index contributed by atoms with van der Waals surface area (Å²) in [7, 11) is 0. The summed E-state index contributed by atoms with van der Waals surface area (Å²) in [6.07, 6.45) is 5.16. The van der Waals surface area contributed by atoms with Gasteiger partial charge in [0.05, 0.1) is 6.54 Å². The number of nitrogens with one attached hydrogen (secondary N) is 1. The van der Waals surface area contributed by atoms with Crippen LogP contribution >= 0.6 is 12.4 Å². The summed E-state index contributed by atoms with van der Waals surface area (Å²) in [5.41, 5.74) is 7.19. The number of carbonyl (C=O) groups is 1. The fourth-order valence-corrected chi connectivity index (χ4v) is 3.29. The topological polar surface area (TPSA) is 77.1 Å². The van der Waals surface area contributed by atoms with E-state index in [9.17, 15) is 9.59 Å². The monoisotopic (exact) mass is 361 g/mol. The highest BCUT2D eigenvalue weighted by molar-refractivity contribution is 5.90. The van der Waals surface area contributed by atoms with E-state index >= 15 is 0 Å². The number of halogens is 1. The number of nitrogens with two attached hydrogens (primary N) is 1. The molecule has 1 saturated carbocycles. The molecule has 1 aliphatic carbocycles. The predicted molar refractivity (Wildman–Crippen MR) is 102 cm³/mol. The van der Waals surface area contributed by atoms with Crippen LogP contribution in [0.2, 0.25) is 0 Å². The van der Waals surface area contributed by atoms with Gasteiger partial charge in [-0.15, -0.1) is 12.4 Å². The Kier molecular flexibility index (Phi) is 6.79. The molecule has 3 N–H and O–H groups in total. The highest BCUT2D eigenvalue weighted by Gasteiger charge is 2.26. The average molecular weight is 362 g/mol. The van der Waals surface area contributed by atoms with Gasteiger partial charge in [0.25, 0.3) is 5.56 Å². The Balaban J connectivity index is 0.00000225. The third kappa shape index (κ3) is 4.94. The lowest BCUT2D eigenvalue weighted by Crippen LogP contribution is -2.30. The van der Waals surface area contributed by atoms with E-state index in [0.29, 0.717) is 18.7 Å². The van der Waals surface area contributed by atoms with E-state index in [0.717, 1.165) is 24.8 Å². The first-order valence-electron chi connectivity index (χ1n) is 8.42. The zero-order chi connectivity index (χ0) is 16.9. The van der Waals surface area contributed by atoms with E-state index < -0.39 is 0 Å². The zero-order valence-electron chi connectivity index (χ0n) is 14.1. The van der Waals surface area contributed by atoms with Crippen LogP contribution in [0.1, 0.15) is 31.2 Å². The highest BCUT2D eigenvalue weighted by Crippen LogP contribution is 2.26. The van der Waals surface area contributed by atoms with E-state index in [1.165, 1.54) is 0 Å². The van der Waals surface area contributed by atoms with Gasteiger partial charge in [0, 0.05) is 18.7 Å². The van der Waals surface area contributed by atoms with Gasteiger partial charge in [0.15, 0.2) is 0 Å². The van der Waals surface area contributed by atoms with Gasteiger partial charge in [0.1, 0.15) is 5.69 Å². The first kappa shape index (κ1) is 19.2. The minimum absolute atomic E-state index is 0. The van der Waals surface area contributed by atoms with Crippen molar-refractivity contribution in [2.45, 2.75) is 38.3 Å². The summed E-state index contributed by atoms with van der Waals surface area (Å²) in [4.78, 5) is 24.8. The molecule has 1 aromatic carbocycles. The van der Waals surface area contributed by atoms with E-state index in [1.54, 1.807) is 22.9 Å². The third-order valence-electron chi connectivity index (χ3n) is 4.66. The molecule has 2 atom stereocenters. The lowest BCUT2D eigenvalue weighted by atomic mass is 10.00. The van der Waals surface area contributed by atoms with Crippen molar-refractivity contribution in [2.24, 2.45) is 11.7 Å². The van der Waals surface area contributed by atoms with E-state index in [1.807, 2.05) is 30.3 Å². The molecule has 6 heteroatoms. The molecule has 5 nitrogen and oxygen atoms in total. The highest BCUT2D eigenvalue weighted by atomic mass is 35.5. The van der Waals surface area contributed by atoms with Crippen molar-refractivity contribution in [3.63, 3.8) is 0 Å². The Morgan fingerprint density at radius 1 is 1.16 bits per heavy atom. The molecule has 1 heterocycles. The van der Waals surface area contributed by atoms with Gasteiger partial charge in [-0.2, -0.15) is 0 Å². The number of rotatable bonds is 5. The second-order valence-electron chi connectivity index (χ2n) is 6.45. The van der Waals surface area contributed by atoms with E-state index in [4.69, 9.17) is 5.73 Å². The minimum atomic E-state index is -0.189. The number of benzene rings is 1. The maximum atomic E-state index is 12.5. The Morgan fingerprint density at radius 2 is 1.92 bits per heavy atom. The Morgan fingerprint density at radius 3 is 2.60 bits per heavy atom. The number of pyridine rings is 1. The van der Waals surface area contributed by atoms with Crippen molar-refractivity contribution in [1.29, 1.82) is 0 Å². The molecule has 1 aromatic heterocycles. The maximum Gasteiger partial charge on any atom is 0.274 e. The molecule has 0 spiro atoms. The lowest BCUT2D eigenvalue weighted by molar-refractivity contribution is -0.117. The molecular weight excluding hydrogens is 338 g/mol. The molecule has 0 radical (unpaired) electrons. The molecule has 0 aliphatic heterocycles. The van der Waals surface area contributed by atoms with Crippen LogP contribution in [0, 0.1) is 5.92 Å². The van der Waals surface area contributed by atoms with Crippen molar-refractivity contribution in [1.82, 2.24) is 4.57 Å². The molecule has 2 aromatic rings. The number of hydrogen-bond acceptors (Lipinski definition) is 3. The van der Waals surface area contributed by atoms with Crippen molar-refractivity contribution in [3.8, 4) is 0 Å². The summed E-state index contributed by atoms with van der Waals surface area (Å²) in [5.74, 6) is 0.0900. The maximum absolute atomic E-state index is 12.5. The fraction of sp³-hybridized carbons (Fsp3) is 0.368. The van der Waals surface area contributed by atoms with Gasteiger partial charge < -0.3 is 15.6 Å². The van der Waals surface area contributed by atoms with Gasteiger partial charge >= 0.3 is 0 Å². The summed E-state index contributed by atoms with van der Waals surface area (Å²) < 4.78 is 1.60. The predicted octanol–water partition coefficient (Wildman–Crippen LogP) is 2.77. The second kappa shape index (κ2) is 8.83. The van der Waals surface area contributed by atoms with Crippen molar-refractivity contribution < 1.29 is 4.79 Å². The molecule has 0 unspecified atom stereocenters. The smallest absolute Gasteiger partial charge is 0.274 e.